The maximum absolute atomic E-state index is 13.6. The minimum absolute atomic E-state index is 0.280. The number of carbonyl (C=O) groups excluding carboxylic acids is 1. The molecule has 0 fully saturated rings. The van der Waals surface area contributed by atoms with Crippen molar-refractivity contribution in [2.24, 2.45) is 4.99 Å². The third-order valence-corrected chi connectivity index (χ3v) is 4.00. The van der Waals surface area contributed by atoms with Crippen LogP contribution in [0.5, 0.6) is 0 Å². The molecular formula is C17H15Cl2F3N4O. The van der Waals surface area contributed by atoms with Crippen LogP contribution in [0.15, 0.2) is 35.3 Å². The molecule has 0 heterocycles. The van der Waals surface area contributed by atoms with E-state index < -0.39 is 29.0 Å². The Bertz CT molecular complexity index is 877. The molecule has 27 heavy (non-hydrogen) atoms. The maximum atomic E-state index is 13.6. The maximum Gasteiger partial charge on any atom is 0.243 e. The van der Waals surface area contributed by atoms with Crippen molar-refractivity contribution in [2.75, 3.05) is 18.9 Å². The Morgan fingerprint density at radius 2 is 1.81 bits per heavy atom. The number of halogens is 5. The number of hydrogen-bond donors (Lipinski definition) is 3. The minimum Gasteiger partial charge on any atom is -0.352 e. The molecule has 5 nitrogen and oxygen atoms in total. The molecule has 0 unspecified atom stereocenters. The number of benzene rings is 2. The van der Waals surface area contributed by atoms with E-state index in [4.69, 9.17) is 23.2 Å². The lowest BCUT2D eigenvalue weighted by Crippen LogP contribution is -2.41. The SMILES string of the molecule is CN=C(NCC(=O)Nc1ccc(F)c(F)c1F)NCc1ccc(Cl)cc1Cl. The van der Waals surface area contributed by atoms with Crippen LogP contribution < -0.4 is 16.0 Å². The second kappa shape index (κ2) is 9.48. The van der Waals surface area contributed by atoms with Gasteiger partial charge >= 0.3 is 0 Å². The summed E-state index contributed by atoms with van der Waals surface area (Å²) in [7, 11) is 1.49. The molecule has 0 aliphatic rings. The van der Waals surface area contributed by atoms with Crippen LogP contribution in [0.2, 0.25) is 10.0 Å². The van der Waals surface area contributed by atoms with Gasteiger partial charge in [-0.25, -0.2) is 13.2 Å². The van der Waals surface area contributed by atoms with Crippen molar-refractivity contribution in [1.29, 1.82) is 0 Å². The van der Waals surface area contributed by atoms with Crippen LogP contribution in [0, 0.1) is 17.5 Å². The highest BCUT2D eigenvalue weighted by atomic mass is 35.5. The summed E-state index contributed by atoms with van der Waals surface area (Å²) in [6.45, 7) is 0.0293. The number of nitrogens with one attached hydrogen (secondary N) is 3. The van der Waals surface area contributed by atoms with Gasteiger partial charge in [-0.05, 0) is 29.8 Å². The van der Waals surface area contributed by atoms with E-state index in [1.807, 2.05) is 0 Å². The number of amides is 1. The third kappa shape index (κ3) is 5.77. The molecular weight excluding hydrogens is 404 g/mol. The predicted octanol–water partition coefficient (Wildman–Crippen LogP) is 3.71. The van der Waals surface area contributed by atoms with Gasteiger partial charge in [0.05, 0.1) is 12.2 Å². The lowest BCUT2D eigenvalue weighted by atomic mass is 10.2. The van der Waals surface area contributed by atoms with Gasteiger partial charge in [0.15, 0.2) is 23.4 Å². The van der Waals surface area contributed by atoms with E-state index in [1.54, 1.807) is 18.2 Å². The fraction of sp³-hybridized carbons (Fsp3) is 0.176. The minimum atomic E-state index is -1.65. The zero-order valence-corrected chi connectivity index (χ0v) is 15.6. The Labute approximate surface area is 163 Å². The fourth-order valence-corrected chi connectivity index (χ4v) is 2.52. The summed E-state index contributed by atoms with van der Waals surface area (Å²) in [4.78, 5) is 15.8. The van der Waals surface area contributed by atoms with Crippen LogP contribution in [0.3, 0.4) is 0 Å². The summed E-state index contributed by atoms with van der Waals surface area (Å²) in [5.41, 5.74) is 0.300. The number of guanidine groups is 1. The highest BCUT2D eigenvalue weighted by Crippen LogP contribution is 2.21. The Balaban J connectivity index is 1.88. The van der Waals surface area contributed by atoms with E-state index in [-0.39, 0.29) is 12.5 Å². The normalized spacial score (nSPS) is 11.3. The molecule has 10 heteroatoms. The molecule has 0 aliphatic heterocycles. The van der Waals surface area contributed by atoms with Gasteiger partial charge in [0.25, 0.3) is 0 Å². The number of carbonyl (C=O) groups is 1. The summed E-state index contributed by atoms with van der Waals surface area (Å²) < 4.78 is 39.6. The average molecular weight is 419 g/mol. The van der Waals surface area contributed by atoms with E-state index in [9.17, 15) is 18.0 Å². The van der Waals surface area contributed by atoms with Crippen LogP contribution in [0.1, 0.15) is 5.56 Å². The second-order valence-electron chi connectivity index (χ2n) is 5.29. The summed E-state index contributed by atoms with van der Waals surface area (Å²) in [5.74, 6) is -4.86. The van der Waals surface area contributed by atoms with Crippen molar-refractivity contribution in [3.8, 4) is 0 Å². The second-order valence-corrected chi connectivity index (χ2v) is 6.13. The lowest BCUT2D eigenvalue weighted by molar-refractivity contribution is -0.115. The van der Waals surface area contributed by atoms with Crippen molar-refractivity contribution >= 4 is 40.8 Å². The molecule has 0 spiro atoms. The van der Waals surface area contributed by atoms with Gasteiger partial charge in [0.2, 0.25) is 5.91 Å². The van der Waals surface area contributed by atoms with Gasteiger partial charge in [-0.1, -0.05) is 29.3 Å². The molecule has 0 aliphatic carbocycles. The first-order chi connectivity index (χ1) is 12.8. The first-order valence-electron chi connectivity index (χ1n) is 7.63. The van der Waals surface area contributed by atoms with Gasteiger partial charge in [0.1, 0.15) is 0 Å². The van der Waals surface area contributed by atoms with Crippen molar-refractivity contribution < 1.29 is 18.0 Å². The molecule has 0 saturated carbocycles. The molecule has 0 saturated heterocycles. The average Bonchev–Trinajstić information content (AvgIpc) is 2.63. The van der Waals surface area contributed by atoms with E-state index >= 15 is 0 Å². The van der Waals surface area contributed by atoms with E-state index in [0.717, 1.165) is 17.7 Å². The lowest BCUT2D eigenvalue weighted by Gasteiger charge is -2.13. The molecule has 2 rings (SSSR count). The summed E-state index contributed by atoms with van der Waals surface area (Å²) >= 11 is 11.9. The van der Waals surface area contributed by atoms with Gasteiger partial charge in [0, 0.05) is 23.6 Å². The Morgan fingerprint density at radius 1 is 1.07 bits per heavy atom. The van der Waals surface area contributed by atoms with Crippen LogP contribution in [0.4, 0.5) is 18.9 Å². The summed E-state index contributed by atoms with van der Waals surface area (Å²) in [6.07, 6.45) is 0. The molecule has 0 bridgehead atoms. The third-order valence-electron chi connectivity index (χ3n) is 3.41. The molecule has 0 aromatic heterocycles. The largest absolute Gasteiger partial charge is 0.352 e. The van der Waals surface area contributed by atoms with E-state index in [2.05, 4.69) is 20.9 Å². The number of anilines is 1. The van der Waals surface area contributed by atoms with Gasteiger partial charge in [-0.3, -0.25) is 9.79 Å². The van der Waals surface area contributed by atoms with Crippen LogP contribution in [0.25, 0.3) is 0 Å². The van der Waals surface area contributed by atoms with Crippen molar-refractivity contribution in [3.63, 3.8) is 0 Å². The summed E-state index contributed by atoms with van der Waals surface area (Å²) in [6, 6.07) is 6.67. The molecule has 0 radical (unpaired) electrons. The van der Waals surface area contributed by atoms with E-state index in [1.165, 1.54) is 7.05 Å². The highest BCUT2D eigenvalue weighted by Gasteiger charge is 2.15. The number of nitrogens with zero attached hydrogens (tertiary/aromatic N) is 1. The first kappa shape index (κ1) is 20.9. The molecule has 2 aromatic rings. The van der Waals surface area contributed by atoms with Crippen molar-refractivity contribution in [1.82, 2.24) is 10.6 Å². The number of aliphatic imine (C=N–C) groups is 1. The molecule has 0 atom stereocenters. The van der Waals surface area contributed by atoms with Crippen molar-refractivity contribution in [2.45, 2.75) is 6.54 Å². The van der Waals surface area contributed by atoms with Crippen LogP contribution in [-0.2, 0) is 11.3 Å². The Morgan fingerprint density at radius 3 is 2.48 bits per heavy atom. The molecule has 1 amide bonds. The first-order valence-corrected chi connectivity index (χ1v) is 8.39. The molecule has 3 N–H and O–H groups in total. The molecule has 2 aromatic carbocycles. The molecule has 144 valence electrons. The van der Waals surface area contributed by atoms with Gasteiger partial charge < -0.3 is 16.0 Å². The smallest absolute Gasteiger partial charge is 0.243 e. The summed E-state index contributed by atoms with van der Waals surface area (Å²) in [5, 5.41) is 8.77. The van der Waals surface area contributed by atoms with Gasteiger partial charge in [-0.2, -0.15) is 0 Å². The Kier molecular flexibility index (Phi) is 7.32. The Hall–Kier alpha value is -2.45. The van der Waals surface area contributed by atoms with Crippen LogP contribution >= 0.6 is 23.2 Å². The zero-order valence-electron chi connectivity index (χ0n) is 14.0. The monoisotopic (exact) mass is 418 g/mol. The van der Waals surface area contributed by atoms with Crippen molar-refractivity contribution in [3.05, 3.63) is 63.4 Å². The standard InChI is InChI=1S/C17H15Cl2F3N4O/c1-23-17(24-7-9-2-3-10(18)6-11(9)19)25-8-14(27)26-13-5-4-12(20)15(21)16(13)22/h2-6H,7-8H2,1H3,(H,26,27)(H2,23,24,25). The zero-order chi connectivity index (χ0) is 20.0. The quantitative estimate of drug-likeness (QED) is 0.393. The number of rotatable bonds is 5. The van der Waals surface area contributed by atoms with Crippen LogP contribution in [-0.4, -0.2) is 25.5 Å². The van der Waals surface area contributed by atoms with E-state index in [0.29, 0.717) is 16.6 Å². The van der Waals surface area contributed by atoms with Gasteiger partial charge in [-0.15, -0.1) is 0 Å². The predicted molar refractivity (Wildman–Crippen MR) is 99.6 cm³/mol. The fourth-order valence-electron chi connectivity index (χ4n) is 2.05. The number of hydrogen-bond acceptors (Lipinski definition) is 2. The highest BCUT2D eigenvalue weighted by molar-refractivity contribution is 6.35. The topological polar surface area (TPSA) is 65.5 Å².